The minimum atomic E-state index is -1.88. The molecule has 0 aliphatic carbocycles. The number of esters is 1. The van der Waals surface area contributed by atoms with Gasteiger partial charge in [-0.3, -0.25) is 24.8 Å². The summed E-state index contributed by atoms with van der Waals surface area (Å²) in [5, 5.41) is 21.0. The number of nitrogens with zero attached hydrogens (tertiary/aromatic N) is 3. The van der Waals surface area contributed by atoms with Crippen molar-refractivity contribution in [3.8, 4) is 6.19 Å². The van der Waals surface area contributed by atoms with E-state index < -0.39 is 35.3 Å². The van der Waals surface area contributed by atoms with E-state index in [1.54, 1.807) is 13.1 Å². The number of ketones is 1. The van der Waals surface area contributed by atoms with Gasteiger partial charge in [0.2, 0.25) is 5.96 Å². The topological polar surface area (TPSA) is 184 Å². The van der Waals surface area contributed by atoms with Crippen LogP contribution in [0, 0.1) is 11.5 Å². The number of guanidine groups is 1. The average Bonchev–Trinajstić information content (AvgIpc) is 3.30. The molecule has 0 spiro atoms. The SMILES string of the molecule is CCOC(=O)C(CCc1ccccc1)N1CCC[C@]1(C(=O)O)C(=O)[C@@H](N)CCCCN=C(N)NC#N. The maximum Gasteiger partial charge on any atom is 0.332 e. The number of aliphatic imine (C=N–C) groups is 1. The standard InChI is InChI=1S/C25H36N6O5/c1-2-36-22(33)20(13-12-18-9-4-3-5-10-18)31-16-8-14-25(31,23(34)35)21(32)19(27)11-6-7-15-29-24(28)30-17-26/h3-5,9-10,19-20H,2,6-8,11-16,27H2,1H3,(H,34,35)(H3,28,29,30)/t19-,20?,25+/m0/s1. The van der Waals surface area contributed by atoms with E-state index in [9.17, 15) is 19.5 Å². The number of carboxylic acids is 1. The lowest BCUT2D eigenvalue weighted by molar-refractivity contribution is -0.163. The number of carbonyl (C=O) groups is 3. The van der Waals surface area contributed by atoms with E-state index >= 15 is 0 Å². The van der Waals surface area contributed by atoms with Crippen molar-refractivity contribution in [2.24, 2.45) is 16.5 Å². The van der Waals surface area contributed by atoms with Crippen LogP contribution in [0.5, 0.6) is 0 Å². The van der Waals surface area contributed by atoms with Crippen LogP contribution in [0.2, 0.25) is 0 Å². The van der Waals surface area contributed by atoms with Crippen molar-refractivity contribution in [3.05, 3.63) is 35.9 Å². The van der Waals surface area contributed by atoms with Crippen molar-refractivity contribution >= 4 is 23.7 Å². The molecule has 36 heavy (non-hydrogen) atoms. The molecule has 1 heterocycles. The van der Waals surface area contributed by atoms with Crippen molar-refractivity contribution in [1.82, 2.24) is 10.2 Å². The van der Waals surface area contributed by atoms with Crippen LogP contribution < -0.4 is 16.8 Å². The van der Waals surface area contributed by atoms with Gasteiger partial charge in [0.25, 0.3) is 0 Å². The Kier molecular flexibility index (Phi) is 11.3. The summed E-state index contributed by atoms with van der Waals surface area (Å²) in [6.45, 7) is 2.46. The number of nitriles is 1. The van der Waals surface area contributed by atoms with Gasteiger partial charge in [-0.15, -0.1) is 0 Å². The summed E-state index contributed by atoms with van der Waals surface area (Å²) in [5.74, 6) is -2.43. The van der Waals surface area contributed by atoms with Crippen LogP contribution >= 0.6 is 0 Å². The lowest BCUT2D eigenvalue weighted by atomic mass is 9.84. The molecule has 6 N–H and O–H groups in total. The molecule has 0 saturated carbocycles. The maximum absolute atomic E-state index is 13.5. The molecule has 1 fully saturated rings. The maximum atomic E-state index is 13.5. The number of hydrogen-bond acceptors (Lipinski definition) is 8. The zero-order valence-electron chi connectivity index (χ0n) is 20.7. The van der Waals surface area contributed by atoms with Crippen LogP contribution in [0.1, 0.15) is 51.0 Å². The van der Waals surface area contributed by atoms with Crippen molar-refractivity contribution in [3.63, 3.8) is 0 Å². The summed E-state index contributed by atoms with van der Waals surface area (Å²) in [4.78, 5) is 44.6. The van der Waals surface area contributed by atoms with Crippen LogP contribution in [-0.4, -0.2) is 71.0 Å². The first kappa shape index (κ1) is 28.7. The minimum absolute atomic E-state index is 0.00446. The number of ether oxygens (including phenoxy) is 1. The molecule has 1 saturated heterocycles. The lowest BCUT2D eigenvalue weighted by Crippen LogP contribution is -2.65. The summed E-state index contributed by atoms with van der Waals surface area (Å²) < 4.78 is 5.28. The molecule has 1 unspecified atom stereocenters. The molecule has 3 atom stereocenters. The summed E-state index contributed by atoms with van der Waals surface area (Å²) in [7, 11) is 0. The first-order valence-corrected chi connectivity index (χ1v) is 12.2. The Morgan fingerprint density at radius 1 is 1.28 bits per heavy atom. The normalized spacial score (nSPS) is 19.8. The average molecular weight is 501 g/mol. The van der Waals surface area contributed by atoms with Crippen LogP contribution in [0.4, 0.5) is 0 Å². The zero-order valence-corrected chi connectivity index (χ0v) is 20.7. The van der Waals surface area contributed by atoms with Crippen LogP contribution in [-0.2, 0) is 25.5 Å². The van der Waals surface area contributed by atoms with Crippen molar-refractivity contribution in [2.45, 2.75) is 69.5 Å². The number of carbonyl (C=O) groups excluding carboxylic acids is 2. The molecule has 1 aromatic rings. The predicted octanol–water partition coefficient (Wildman–Crippen LogP) is 0.922. The molecule has 0 radical (unpaired) electrons. The van der Waals surface area contributed by atoms with E-state index in [1.807, 2.05) is 30.3 Å². The highest BCUT2D eigenvalue weighted by atomic mass is 16.5. The largest absolute Gasteiger partial charge is 0.480 e. The Bertz CT molecular complexity index is 963. The van der Waals surface area contributed by atoms with Gasteiger partial charge >= 0.3 is 11.9 Å². The van der Waals surface area contributed by atoms with Gasteiger partial charge in [0.05, 0.1) is 12.6 Å². The molecule has 1 aliphatic heterocycles. The highest BCUT2D eigenvalue weighted by molar-refractivity contribution is 6.10. The molecule has 196 valence electrons. The zero-order chi connectivity index (χ0) is 26.6. The van der Waals surface area contributed by atoms with E-state index in [0.717, 1.165) is 5.56 Å². The molecule has 11 heteroatoms. The third-order valence-electron chi connectivity index (χ3n) is 6.40. The van der Waals surface area contributed by atoms with Crippen LogP contribution in [0.25, 0.3) is 0 Å². The monoisotopic (exact) mass is 500 g/mol. The van der Waals surface area contributed by atoms with E-state index in [-0.39, 0.29) is 32.0 Å². The van der Waals surface area contributed by atoms with Gasteiger partial charge in [-0.05, 0) is 57.4 Å². The highest BCUT2D eigenvalue weighted by Gasteiger charge is 2.58. The number of likely N-dealkylation sites (tertiary alicyclic amines) is 1. The molecular formula is C25H36N6O5. The Labute approximate surface area is 211 Å². The number of nitrogens with two attached hydrogens (primary N) is 2. The number of aliphatic carboxylic acids is 1. The van der Waals surface area contributed by atoms with E-state index in [2.05, 4.69) is 10.3 Å². The van der Waals surface area contributed by atoms with Gasteiger partial charge in [-0.2, -0.15) is 5.26 Å². The Morgan fingerprint density at radius 2 is 2.00 bits per heavy atom. The number of Topliss-reactive ketones (excluding diaryl/α,β-unsaturated/α-hetero) is 1. The van der Waals surface area contributed by atoms with Gasteiger partial charge in [0.1, 0.15) is 6.04 Å². The van der Waals surface area contributed by atoms with E-state index in [4.69, 9.17) is 21.5 Å². The summed E-state index contributed by atoms with van der Waals surface area (Å²) in [6.07, 6.45) is 4.38. The summed E-state index contributed by atoms with van der Waals surface area (Å²) in [5.41, 5.74) is 10.8. The molecule has 0 aromatic heterocycles. The number of nitrogens with one attached hydrogen (secondary N) is 1. The molecule has 1 aromatic carbocycles. The Balaban J connectivity index is 2.17. The smallest absolute Gasteiger partial charge is 0.332 e. The summed E-state index contributed by atoms with van der Waals surface area (Å²) >= 11 is 0. The van der Waals surface area contributed by atoms with E-state index in [1.165, 1.54) is 4.90 Å². The van der Waals surface area contributed by atoms with Crippen LogP contribution in [0.3, 0.4) is 0 Å². The van der Waals surface area contributed by atoms with E-state index in [0.29, 0.717) is 38.6 Å². The number of unbranched alkanes of at least 4 members (excludes halogenated alkanes) is 1. The number of aryl methyl sites for hydroxylation is 1. The predicted molar refractivity (Wildman–Crippen MR) is 134 cm³/mol. The quantitative estimate of drug-likeness (QED) is 0.0544. The molecule has 0 bridgehead atoms. The second-order valence-electron chi connectivity index (χ2n) is 8.72. The first-order valence-electron chi connectivity index (χ1n) is 12.2. The highest BCUT2D eigenvalue weighted by Crippen LogP contribution is 2.35. The molecular weight excluding hydrogens is 464 g/mol. The van der Waals surface area contributed by atoms with Crippen molar-refractivity contribution in [2.75, 3.05) is 19.7 Å². The van der Waals surface area contributed by atoms with Gasteiger partial charge in [-0.1, -0.05) is 30.3 Å². The fraction of sp³-hybridized carbons (Fsp3) is 0.560. The fourth-order valence-corrected chi connectivity index (χ4v) is 4.66. The Morgan fingerprint density at radius 3 is 2.64 bits per heavy atom. The second-order valence-corrected chi connectivity index (χ2v) is 8.72. The van der Waals surface area contributed by atoms with Gasteiger partial charge in [0, 0.05) is 13.1 Å². The second kappa shape index (κ2) is 14.2. The first-order chi connectivity index (χ1) is 17.3. The number of hydrogen-bond donors (Lipinski definition) is 4. The van der Waals surface area contributed by atoms with Gasteiger partial charge < -0.3 is 21.3 Å². The van der Waals surface area contributed by atoms with Gasteiger partial charge in [0.15, 0.2) is 17.5 Å². The molecule has 2 rings (SSSR count). The summed E-state index contributed by atoms with van der Waals surface area (Å²) in [6, 6.07) is 7.66. The number of rotatable bonds is 14. The number of benzene rings is 1. The van der Waals surface area contributed by atoms with Crippen molar-refractivity contribution < 1.29 is 24.2 Å². The fourth-order valence-electron chi connectivity index (χ4n) is 4.66. The third kappa shape index (κ3) is 7.26. The van der Waals surface area contributed by atoms with Gasteiger partial charge in [-0.25, -0.2) is 4.79 Å². The lowest BCUT2D eigenvalue weighted by Gasteiger charge is -2.39. The van der Waals surface area contributed by atoms with Crippen LogP contribution in [0.15, 0.2) is 35.3 Å². The minimum Gasteiger partial charge on any atom is -0.480 e. The molecule has 1 aliphatic rings. The Hall–Kier alpha value is -3.49. The molecule has 0 amide bonds. The third-order valence-corrected chi connectivity index (χ3v) is 6.40. The number of carboxylic acid groups (broad SMARTS) is 1. The molecule has 11 nitrogen and oxygen atoms in total. The van der Waals surface area contributed by atoms with Crippen molar-refractivity contribution in [1.29, 1.82) is 5.26 Å².